The number of nitrogens with zero attached hydrogens (tertiary/aromatic N) is 1. The smallest absolute Gasteiger partial charge is 0.290 e. The molecular weight excluding hydrogens is 278 g/mol. The lowest BCUT2D eigenvalue weighted by atomic mass is 9.96. The quantitative estimate of drug-likeness (QED) is 0.784. The van der Waals surface area contributed by atoms with E-state index in [4.69, 9.17) is 0 Å². The number of unbranched alkanes of at least 4 members (excludes halogenated alkanes) is 3. The third-order valence-electron chi connectivity index (χ3n) is 4.05. The Kier molecular flexibility index (Phi) is 5.36. The van der Waals surface area contributed by atoms with E-state index < -0.39 is 17.7 Å². The van der Waals surface area contributed by atoms with Gasteiger partial charge in [0, 0.05) is 6.54 Å². The summed E-state index contributed by atoms with van der Waals surface area (Å²) in [6.45, 7) is 4.09. The van der Waals surface area contributed by atoms with Crippen LogP contribution in [0.3, 0.4) is 0 Å². The Hall–Kier alpha value is -2.10. The van der Waals surface area contributed by atoms with Crippen molar-refractivity contribution >= 4 is 11.7 Å². The number of ketones is 1. The van der Waals surface area contributed by atoms with Crippen LogP contribution < -0.4 is 0 Å². The highest BCUT2D eigenvalue weighted by molar-refractivity contribution is 6.08. The molecule has 0 aromatic heterocycles. The van der Waals surface area contributed by atoms with E-state index in [-0.39, 0.29) is 11.4 Å². The number of carbonyl (C=O) groups excluding carboxylic acids is 2. The van der Waals surface area contributed by atoms with Crippen molar-refractivity contribution in [2.45, 2.75) is 45.6 Å². The number of amides is 1. The fourth-order valence-electron chi connectivity index (χ4n) is 2.93. The first-order valence-corrected chi connectivity index (χ1v) is 7.88. The first-order valence-electron chi connectivity index (χ1n) is 7.88. The molecule has 0 spiro atoms. The number of benzene rings is 1. The van der Waals surface area contributed by atoms with Crippen LogP contribution >= 0.6 is 0 Å². The maximum atomic E-state index is 12.3. The molecule has 1 aromatic carbocycles. The van der Waals surface area contributed by atoms with Crippen molar-refractivity contribution in [3.8, 4) is 0 Å². The van der Waals surface area contributed by atoms with Crippen LogP contribution in [0.25, 0.3) is 0 Å². The van der Waals surface area contributed by atoms with Crippen molar-refractivity contribution in [1.82, 2.24) is 4.90 Å². The van der Waals surface area contributed by atoms with Crippen molar-refractivity contribution < 1.29 is 14.7 Å². The maximum Gasteiger partial charge on any atom is 0.290 e. The van der Waals surface area contributed by atoms with Gasteiger partial charge in [0.15, 0.2) is 11.5 Å². The highest BCUT2D eigenvalue weighted by Gasteiger charge is 2.41. The average Bonchev–Trinajstić information content (AvgIpc) is 2.77. The first kappa shape index (κ1) is 16.3. The van der Waals surface area contributed by atoms with Gasteiger partial charge < -0.3 is 10.0 Å². The Morgan fingerprint density at radius 1 is 1.18 bits per heavy atom. The molecule has 2 rings (SSSR count). The molecule has 22 heavy (non-hydrogen) atoms. The van der Waals surface area contributed by atoms with Gasteiger partial charge in [-0.2, -0.15) is 0 Å². The predicted molar refractivity (Wildman–Crippen MR) is 85.4 cm³/mol. The fraction of sp³-hybridized carbons (Fsp3) is 0.444. The Balaban J connectivity index is 2.28. The lowest BCUT2D eigenvalue weighted by Gasteiger charge is -2.26. The van der Waals surface area contributed by atoms with Gasteiger partial charge in [-0.3, -0.25) is 9.59 Å². The molecule has 1 N–H and O–H groups in total. The van der Waals surface area contributed by atoms with Crippen molar-refractivity contribution in [3.05, 3.63) is 47.2 Å². The summed E-state index contributed by atoms with van der Waals surface area (Å²) in [5.41, 5.74) is 1.08. The zero-order valence-electron chi connectivity index (χ0n) is 13.2. The number of hydrogen-bond acceptors (Lipinski definition) is 3. The summed E-state index contributed by atoms with van der Waals surface area (Å²) in [4.78, 5) is 25.9. The topological polar surface area (TPSA) is 57.6 Å². The molecule has 0 unspecified atom stereocenters. The molecule has 1 aliphatic heterocycles. The van der Waals surface area contributed by atoms with Gasteiger partial charge in [-0.15, -0.1) is 0 Å². The van der Waals surface area contributed by atoms with E-state index in [0.29, 0.717) is 6.54 Å². The summed E-state index contributed by atoms with van der Waals surface area (Å²) < 4.78 is 0. The van der Waals surface area contributed by atoms with Crippen LogP contribution in [0.5, 0.6) is 0 Å². The second kappa shape index (κ2) is 7.25. The van der Waals surface area contributed by atoms with Crippen LogP contribution in [0.4, 0.5) is 0 Å². The summed E-state index contributed by atoms with van der Waals surface area (Å²) in [5.74, 6) is -1.08. The largest absolute Gasteiger partial charge is 0.503 e. The molecule has 1 amide bonds. The van der Waals surface area contributed by atoms with E-state index >= 15 is 0 Å². The van der Waals surface area contributed by atoms with Gasteiger partial charge in [0.25, 0.3) is 5.91 Å². The second-order valence-electron chi connectivity index (χ2n) is 5.69. The number of hydrogen-bond donors (Lipinski definition) is 1. The highest BCUT2D eigenvalue weighted by Crippen LogP contribution is 2.37. The average molecular weight is 301 g/mol. The SMILES string of the molecule is CCCCCCN1C(=O)C(O)=C(C(C)=O)[C@H]1c1ccccc1. The fourth-order valence-corrected chi connectivity index (χ4v) is 2.93. The van der Waals surface area contributed by atoms with Crippen LogP contribution in [0.1, 0.15) is 51.1 Å². The summed E-state index contributed by atoms with van der Waals surface area (Å²) in [5, 5.41) is 10.1. The highest BCUT2D eigenvalue weighted by atomic mass is 16.3. The molecule has 4 nitrogen and oxygen atoms in total. The Morgan fingerprint density at radius 3 is 2.45 bits per heavy atom. The Labute approximate surface area is 131 Å². The van der Waals surface area contributed by atoms with Gasteiger partial charge in [0.05, 0.1) is 11.6 Å². The van der Waals surface area contributed by atoms with Crippen molar-refractivity contribution in [2.75, 3.05) is 6.54 Å². The van der Waals surface area contributed by atoms with Crippen molar-refractivity contribution in [2.24, 2.45) is 0 Å². The molecular formula is C18H23NO3. The molecule has 0 radical (unpaired) electrons. The van der Waals surface area contributed by atoms with Gasteiger partial charge in [-0.25, -0.2) is 0 Å². The minimum atomic E-state index is -0.465. The monoisotopic (exact) mass is 301 g/mol. The van der Waals surface area contributed by atoms with E-state index in [1.165, 1.54) is 6.92 Å². The third-order valence-corrected chi connectivity index (χ3v) is 4.05. The predicted octanol–water partition coefficient (Wildman–Crippen LogP) is 3.55. The van der Waals surface area contributed by atoms with Crippen LogP contribution in [-0.4, -0.2) is 28.2 Å². The Morgan fingerprint density at radius 2 is 1.86 bits per heavy atom. The van der Waals surface area contributed by atoms with Crippen molar-refractivity contribution in [1.29, 1.82) is 0 Å². The minimum absolute atomic E-state index is 0.215. The summed E-state index contributed by atoms with van der Waals surface area (Å²) >= 11 is 0. The normalized spacial score (nSPS) is 18.2. The molecule has 0 saturated carbocycles. The van der Waals surface area contributed by atoms with Gasteiger partial charge >= 0.3 is 0 Å². The molecule has 1 aliphatic rings. The Bertz CT molecular complexity index is 577. The molecule has 1 heterocycles. The third kappa shape index (κ3) is 3.21. The summed E-state index contributed by atoms with van der Waals surface area (Å²) in [7, 11) is 0. The second-order valence-corrected chi connectivity index (χ2v) is 5.69. The maximum absolute atomic E-state index is 12.3. The van der Waals surface area contributed by atoms with E-state index in [2.05, 4.69) is 6.92 Å². The molecule has 118 valence electrons. The number of carbonyl (C=O) groups is 2. The number of aliphatic hydroxyl groups is 1. The summed E-state index contributed by atoms with van der Waals surface area (Å²) in [6.07, 6.45) is 4.16. The lowest BCUT2D eigenvalue weighted by molar-refractivity contribution is -0.129. The molecule has 0 saturated heterocycles. The molecule has 4 heteroatoms. The van der Waals surface area contributed by atoms with E-state index in [9.17, 15) is 14.7 Å². The van der Waals surface area contributed by atoms with Gasteiger partial charge in [-0.1, -0.05) is 56.5 Å². The number of aliphatic hydroxyl groups excluding tert-OH is 1. The van der Waals surface area contributed by atoms with Crippen LogP contribution in [0, 0.1) is 0 Å². The summed E-state index contributed by atoms with van der Waals surface area (Å²) in [6, 6.07) is 8.96. The first-order chi connectivity index (χ1) is 10.6. The molecule has 1 atom stereocenters. The van der Waals surface area contributed by atoms with Crippen LogP contribution in [-0.2, 0) is 9.59 Å². The number of rotatable bonds is 7. The molecule has 0 bridgehead atoms. The lowest BCUT2D eigenvalue weighted by Crippen LogP contribution is -2.32. The van der Waals surface area contributed by atoms with Crippen molar-refractivity contribution in [3.63, 3.8) is 0 Å². The molecule has 1 aromatic rings. The van der Waals surface area contributed by atoms with E-state index in [1.807, 2.05) is 30.3 Å². The van der Waals surface area contributed by atoms with Gasteiger partial charge in [0.1, 0.15) is 0 Å². The standard InChI is InChI=1S/C18H23NO3/c1-3-4-5-9-12-19-16(14-10-7-6-8-11-14)15(13(2)20)17(21)18(19)22/h6-8,10-11,16,21H,3-5,9,12H2,1-2H3/t16-/m1/s1. The minimum Gasteiger partial charge on any atom is -0.503 e. The number of Topliss-reactive ketones (excluding diaryl/α,β-unsaturated/α-hetero) is 1. The van der Waals surface area contributed by atoms with Gasteiger partial charge in [0.2, 0.25) is 0 Å². The van der Waals surface area contributed by atoms with Crippen LogP contribution in [0.15, 0.2) is 41.7 Å². The van der Waals surface area contributed by atoms with E-state index in [1.54, 1.807) is 4.90 Å². The van der Waals surface area contributed by atoms with Crippen LogP contribution in [0.2, 0.25) is 0 Å². The molecule has 0 fully saturated rings. The zero-order valence-corrected chi connectivity index (χ0v) is 13.2. The molecule has 0 aliphatic carbocycles. The van der Waals surface area contributed by atoms with Gasteiger partial charge in [-0.05, 0) is 18.9 Å². The van der Waals surface area contributed by atoms with E-state index in [0.717, 1.165) is 31.2 Å². The zero-order chi connectivity index (χ0) is 16.1.